The summed E-state index contributed by atoms with van der Waals surface area (Å²) in [5.41, 5.74) is 1.54. The van der Waals surface area contributed by atoms with Crippen LogP contribution in [0.1, 0.15) is 35.3 Å². The highest BCUT2D eigenvalue weighted by Gasteiger charge is 2.15. The molecule has 0 atom stereocenters. The van der Waals surface area contributed by atoms with Crippen molar-refractivity contribution in [2.75, 3.05) is 6.61 Å². The van der Waals surface area contributed by atoms with Crippen LogP contribution < -0.4 is 0 Å². The van der Waals surface area contributed by atoms with Crippen molar-refractivity contribution in [3.05, 3.63) is 28.8 Å². The quantitative estimate of drug-likeness (QED) is 0.647. The van der Waals surface area contributed by atoms with Crippen LogP contribution in [0.4, 0.5) is 0 Å². The van der Waals surface area contributed by atoms with Gasteiger partial charge in [0.15, 0.2) is 0 Å². The van der Waals surface area contributed by atoms with Crippen LogP contribution in [0.15, 0.2) is 17.0 Å². The molecule has 0 unspecified atom stereocenters. The lowest BCUT2D eigenvalue weighted by Crippen LogP contribution is -2.08. The van der Waals surface area contributed by atoms with E-state index in [-0.39, 0.29) is 5.56 Å². The van der Waals surface area contributed by atoms with Gasteiger partial charge in [0.25, 0.3) is 0 Å². The van der Waals surface area contributed by atoms with Gasteiger partial charge in [0.1, 0.15) is 6.07 Å². The van der Waals surface area contributed by atoms with E-state index in [9.17, 15) is 4.79 Å². The molecule has 4 heteroatoms. The Hall–Kier alpha value is -1.47. The van der Waals surface area contributed by atoms with E-state index in [1.165, 1.54) is 0 Å². The molecule has 16 heavy (non-hydrogen) atoms. The van der Waals surface area contributed by atoms with Crippen molar-refractivity contribution >= 4 is 18.6 Å². The Morgan fingerprint density at radius 3 is 2.69 bits per heavy atom. The number of hydrogen-bond donors (Lipinski definition) is 1. The number of thiol groups is 1. The third-order valence-electron chi connectivity index (χ3n) is 2.19. The first kappa shape index (κ1) is 12.6. The highest BCUT2D eigenvalue weighted by Crippen LogP contribution is 2.21. The molecule has 0 N–H and O–H groups in total. The minimum atomic E-state index is -0.468. The Balaban J connectivity index is 3.29. The summed E-state index contributed by atoms with van der Waals surface area (Å²) in [7, 11) is 0. The minimum absolute atomic E-state index is 0.277. The van der Waals surface area contributed by atoms with Crippen molar-refractivity contribution in [1.29, 1.82) is 5.26 Å². The molecule has 0 saturated heterocycles. The van der Waals surface area contributed by atoms with E-state index in [2.05, 4.69) is 12.6 Å². The van der Waals surface area contributed by atoms with Crippen LogP contribution in [-0.4, -0.2) is 12.6 Å². The molecular formula is C12H13NO2S. The summed E-state index contributed by atoms with van der Waals surface area (Å²) in [4.78, 5) is 12.2. The van der Waals surface area contributed by atoms with Gasteiger partial charge in [0, 0.05) is 4.90 Å². The van der Waals surface area contributed by atoms with Gasteiger partial charge < -0.3 is 4.74 Å². The minimum Gasteiger partial charge on any atom is -0.462 e. The van der Waals surface area contributed by atoms with E-state index < -0.39 is 5.97 Å². The fourth-order valence-electron chi connectivity index (χ4n) is 1.38. The fraction of sp³-hybridized carbons (Fsp3) is 0.333. The molecule has 1 rings (SSSR count). The highest BCUT2D eigenvalue weighted by atomic mass is 32.1. The SMILES string of the molecule is CCOC(=O)c1cc(CC)cc(S)c1C#N. The molecule has 3 nitrogen and oxygen atoms in total. The van der Waals surface area contributed by atoms with Crippen molar-refractivity contribution in [1.82, 2.24) is 0 Å². The molecule has 0 aliphatic heterocycles. The first-order valence-corrected chi connectivity index (χ1v) is 5.51. The number of carbonyl (C=O) groups is 1. The molecule has 84 valence electrons. The van der Waals surface area contributed by atoms with Gasteiger partial charge in [-0.05, 0) is 31.0 Å². The molecule has 0 aliphatic carbocycles. The van der Waals surface area contributed by atoms with Gasteiger partial charge in [-0.2, -0.15) is 5.26 Å². The van der Waals surface area contributed by atoms with Crippen LogP contribution in [0.2, 0.25) is 0 Å². The second kappa shape index (κ2) is 5.57. The van der Waals surface area contributed by atoms with Crippen LogP contribution in [0.25, 0.3) is 0 Å². The second-order valence-electron chi connectivity index (χ2n) is 3.22. The number of aryl methyl sites for hydroxylation is 1. The predicted molar refractivity (Wildman–Crippen MR) is 63.7 cm³/mol. The molecule has 1 aromatic carbocycles. The Morgan fingerprint density at radius 1 is 1.50 bits per heavy atom. The van der Waals surface area contributed by atoms with Gasteiger partial charge in [-0.15, -0.1) is 12.6 Å². The van der Waals surface area contributed by atoms with Crippen LogP contribution in [-0.2, 0) is 11.2 Å². The summed E-state index contributed by atoms with van der Waals surface area (Å²) in [5.74, 6) is -0.468. The monoisotopic (exact) mass is 235 g/mol. The summed E-state index contributed by atoms with van der Waals surface area (Å²) in [6, 6.07) is 5.46. The zero-order valence-electron chi connectivity index (χ0n) is 9.28. The zero-order chi connectivity index (χ0) is 12.1. The van der Waals surface area contributed by atoms with Gasteiger partial charge in [0.2, 0.25) is 0 Å². The summed E-state index contributed by atoms with van der Waals surface area (Å²) in [6.45, 7) is 4.00. The molecule has 0 heterocycles. The summed E-state index contributed by atoms with van der Waals surface area (Å²) >= 11 is 4.20. The van der Waals surface area contributed by atoms with E-state index in [4.69, 9.17) is 10.00 Å². The molecule has 0 aliphatic rings. The normalized spacial score (nSPS) is 9.62. The third-order valence-corrected chi connectivity index (χ3v) is 2.55. The van der Waals surface area contributed by atoms with Crippen molar-refractivity contribution in [3.8, 4) is 6.07 Å². The van der Waals surface area contributed by atoms with Gasteiger partial charge in [0.05, 0.1) is 17.7 Å². The van der Waals surface area contributed by atoms with Crippen molar-refractivity contribution in [2.45, 2.75) is 25.2 Å². The van der Waals surface area contributed by atoms with Crippen LogP contribution in [0.3, 0.4) is 0 Å². The standard InChI is InChI=1S/C12H13NO2S/c1-3-8-5-9(12(14)15-4-2)10(7-13)11(16)6-8/h5-6,16H,3-4H2,1-2H3. The lowest BCUT2D eigenvalue weighted by Gasteiger charge is -2.08. The second-order valence-corrected chi connectivity index (χ2v) is 3.71. The predicted octanol–water partition coefficient (Wildman–Crippen LogP) is 2.59. The zero-order valence-corrected chi connectivity index (χ0v) is 10.2. The number of ether oxygens (including phenoxy) is 1. The number of nitrogens with zero attached hydrogens (tertiary/aromatic N) is 1. The first-order valence-electron chi connectivity index (χ1n) is 5.07. The lowest BCUT2D eigenvalue weighted by molar-refractivity contribution is 0.0525. The number of benzene rings is 1. The Bertz CT molecular complexity index is 449. The number of rotatable bonds is 3. The Morgan fingerprint density at radius 2 is 2.19 bits per heavy atom. The van der Waals surface area contributed by atoms with Gasteiger partial charge in [-0.25, -0.2) is 4.79 Å². The van der Waals surface area contributed by atoms with E-state index >= 15 is 0 Å². The third kappa shape index (κ3) is 2.56. The molecule has 0 radical (unpaired) electrons. The highest BCUT2D eigenvalue weighted by molar-refractivity contribution is 7.80. The smallest absolute Gasteiger partial charge is 0.339 e. The van der Waals surface area contributed by atoms with Crippen molar-refractivity contribution in [2.24, 2.45) is 0 Å². The Labute approximate surface area is 100 Å². The maximum Gasteiger partial charge on any atom is 0.339 e. The van der Waals surface area contributed by atoms with Gasteiger partial charge in [-0.3, -0.25) is 0 Å². The molecule has 0 aromatic heterocycles. The molecule has 0 saturated carbocycles. The van der Waals surface area contributed by atoms with E-state index in [1.54, 1.807) is 19.1 Å². The van der Waals surface area contributed by atoms with Gasteiger partial charge >= 0.3 is 5.97 Å². The molecule has 1 aromatic rings. The number of carbonyl (C=O) groups excluding carboxylic acids is 1. The van der Waals surface area contributed by atoms with E-state index in [0.29, 0.717) is 17.1 Å². The maximum atomic E-state index is 11.6. The number of hydrogen-bond acceptors (Lipinski definition) is 4. The number of nitriles is 1. The lowest BCUT2D eigenvalue weighted by atomic mass is 10.0. The summed E-state index contributed by atoms with van der Waals surface area (Å²) in [6.07, 6.45) is 0.783. The van der Waals surface area contributed by atoms with Crippen molar-refractivity contribution < 1.29 is 9.53 Å². The first-order chi connectivity index (χ1) is 7.63. The Kier molecular flexibility index (Phi) is 4.39. The number of esters is 1. The molecule has 0 spiro atoms. The fourth-order valence-corrected chi connectivity index (χ4v) is 1.71. The molecule has 0 fully saturated rings. The van der Waals surface area contributed by atoms with Gasteiger partial charge in [-0.1, -0.05) is 6.92 Å². The average Bonchev–Trinajstić information content (AvgIpc) is 2.28. The summed E-state index contributed by atoms with van der Waals surface area (Å²) in [5, 5.41) is 8.97. The van der Waals surface area contributed by atoms with Crippen LogP contribution >= 0.6 is 12.6 Å². The molecule has 0 bridgehead atoms. The maximum absolute atomic E-state index is 11.6. The molecule has 0 amide bonds. The average molecular weight is 235 g/mol. The summed E-state index contributed by atoms with van der Waals surface area (Å²) < 4.78 is 4.90. The van der Waals surface area contributed by atoms with E-state index in [0.717, 1.165) is 12.0 Å². The largest absolute Gasteiger partial charge is 0.462 e. The van der Waals surface area contributed by atoms with E-state index in [1.807, 2.05) is 13.0 Å². The van der Waals surface area contributed by atoms with Crippen LogP contribution in [0, 0.1) is 11.3 Å². The van der Waals surface area contributed by atoms with Crippen LogP contribution in [0.5, 0.6) is 0 Å². The molecular weight excluding hydrogens is 222 g/mol. The topological polar surface area (TPSA) is 50.1 Å². The van der Waals surface area contributed by atoms with Crippen molar-refractivity contribution in [3.63, 3.8) is 0 Å².